The molecule has 0 bridgehead atoms. The molecule has 344 valence electrons. The molecule has 4 aliphatic carbocycles. The van der Waals surface area contributed by atoms with Gasteiger partial charge in [0.1, 0.15) is 29.4 Å². The molecular weight excluding hydrogens is 864 g/mol. The molecule has 8 aliphatic rings. The minimum absolute atomic E-state index is 0.188. The number of benzene rings is 2. The predicted octanol–water partition coefficient (Wildman–Crippen LogP) is 6.22. The molecule has 4 saturated heterocycles. The van der Waals surface area contributed by atoms with E-state index in [0.717, 1.165) is 123 Å². The Morgan fingerprint density at radius 2 is 1.21 bits per heavy atom. The largest absolute Gasteiger partial charge is 0.378 e. The Morgan fingerprint density at radius 3 is 1.73 bits per heavy atom. The number of aromatic nitrogens is 8. The molecule has 17 heteroatoms. The van der Waals surface area contributed by atoms with Gasteiger partial charge in [-0.1, -0.05) is 35.9 Å². The van der Waals surface area contributed by atoms with Crippen molar-refractivity contribution in [2.75, 3.05) is 75.5 Å². The number of piperazine rings is 2. The summed E-state index contributed by atoms with van der Waals surface area (Å²) in [6, 6.07) is 23.8. The monoisotopic (exact) mass is 918 g/mol. The number of fused-ring (bicyclic) bond motifs is 2. The summed E-state index contributed by atoms with van der Waals surface area (Å²) in [5.41, 5.74) is 4.41. The van der Waals surface area contributed by atoms with Crippen LogP contribution in [-0.2, 0) is 20.3 Å². The predicted molar refractivity (Wildman–Crippen MR) is 253 cm³/mol. The van der Waals surface area contributed by atoms with Crippen LogP contribution in [-0.4, -0.2) is 140 Å². The fourth-order valence-corrected chi connectivity index (χ4v) is 11.9. The highest BCUT2D eigenvalue weighted by Gasteiger charge is 2.76. The minimum atomic E-state index is -0.311. The van der Waals surface area contributed by atoms with Crippen LogP contribution in [0.2, 0.25) is 5.15 Å². The summed E-state index contributed by atoms with van der Waals surface area (Å²) in [5.74, 6) is 2.62. The molecule has 67 heavy (non-hydrogen) atoms. The summed E-state index contributed by atoms with van der Waals surface area (Å²) in [5, 5.41) is 33.7. The van der Waals surface area contributed by atoms with Crippen molar-refractivity contribution in [3.8, 4) is 18.0 Å². The number of hydrogen-bond donors (Lipinski definition) is 1. The molecule has 4 aliphatic heterocycles. The van der Waals surface area contributed by atoms with Crippen LogP contribution in [0.15, 0.2) is 73.6 Å². The van der Waals surface area contributed by atoms with E-state index in [1.807, 2.05) is 29.2 Å². The summed E-state index contributed by atoms with van der Waals surface area (Å²) in [6.07, 6.45) is 13.7. The number of hydrogen-bond acceptors (Lipinski definition) is 14. The molecule has 2 aromatic carbocycles. The highest BCUT2D eigenvalue weighted by Crippen LogP contribution is 2.79. The lowest BCUT2D eigenvalue weighted by atomic mass is 9.93. The molecule has 0 amide bonds. The van der Waals surface area contributed by atoms with Gasteiger partial charge in [-0.15, -0.1) is 0 Å². The fraction of sp³-hybridized carbons (Fsp3) is 0.520. The Balaban J connectivity index is 0.000000116. The van der Waals surface area contributed by atoms with Gasteiger partial charge >= 0.3 is 0 Å². The number of anilines is 2. The number of nitrogens with one attached hydrogen (secondary N) is 1. The fourth-order valence-electron chi connectivity index (χ4n) is 11.8. The lowest BCUT2D eigenvalue weighted by Gasteiger charge is -2.46. The quantitative estimate of drug-likeness (QED) is 0.179. The number of rotatable bonds is 7. The number of ether oxygens (including phenoxy) is 2. The molecule has 0 unspecified atom stereocenters. The molecule has 0 radical (unpaired) electrons. The molecular formula is C50H55ClN14O2. The maximum absolute atomic E-state index is 9.96. The highest BCUT2D eigenvalue weighted by atomic mass is 35.5. The zero-order valence-electron chi connectivity index (χ0n) is 38.1. The van der Waals surface area contributed by atoms with E-state index in [2.05, 4.69) is 117 Å². The summed E-state index contributed by atoms with van der Waals surface area (Å²) in [7, 11) is 0. The zero-order chi connectivity index (χ0) is 45.5. The smallest absolute Gasteiger partial charge is 0.159 e. The molecule has 6 aromatic rings. The topological polar surface area (TPSA) is 177 Å². The van der Waals surface area contributed by atoms with Crippen molar-refractivity contribution in [1.82, 2.24) is 49.7 Å². The van der Waals surface area contributed by atoms with Gasteiger partial charge in [0.05, 0.1) is 84.9 Å². The summed E-state index contributed by atoms with van der Waals surface area (Å²) < 4.78 is 12.6. The van der Waals surface area contributed by atoms with Crippen molar-refractivity contribution < 1.29 is 9.47 Å². The maximum Gasteiger partial charge on any atom is 0.159 e. The van der Waals surface area contributed by atoms with Gasteiger partial charge in [-0.2, -0.15) is 20.7 Å². The van der Waals surface area contributed by atoms with Crippen LogP contribution in [0.4, 0.5) is 11.6 Å². The lowest BCUT2D eigenvalue weighted by molar-refractivity contribution is -0.0793. The highest BCUT2D eigenvalue weighted by molar-refractivity contribution is 6.29. The first-order valence-corrected chi connectivity index (χ1v) is 24.3. The van der Waals surface area contributed by atoms with Crippen molar-refractivity contribution >= 4 is 45.0 Å². The molecule has 4 saturated carbocycles. The molecule has 16 nitrogen and oxygen atoms in total. The van der Waals surface area contributed by atoms with Crippen molar-refractivity contribution in [2.45, 2.75) is 87.4 Å². The van der Waals surface area contributed by atoms with Crippen LogP contribution in [0.25, 0.3) is 27.6 Å². The second-order valence-electron chi connectivity index (χ2n) is 20.3. The molecule has 14 rings (SSSR count). The standard InChI is InChI=1S/C25H27N7O.C13H11N3.C12H17ClN4O/c1-17-11-30(6-7-31(17)20-12-33-13-20)22-9-23(28-16-27-22)32-21-8-19(3-2-18(21)10-29-32)25(15-26)14-24(25)4-5-24;14-8-13(7-12(13)3-4-12)10-2-1-9-6-15-16-11(9)5-10;1-9-5-16(12-4-11(13)14-8-15-12)2-3-17(9)10-6-18-7-10/h2-3,8-10,16-17,20H,4-7,11-14H2,1H3;1-2,5-6H,3-4,7H2,(H,15,16);4,8-10H,2-3,5-7H2,1H3/t17-,25+;13-;9-/m010/s1. The average molecular weight is 920 g/mol. The number of H-pyrrole nitrogens is 1. The van der Waals surface area contributed by atoms with Crippen molar-refractivity contribution in [2.24, 2.45) is 10.8 Å². The van der Waals surface area contributed by atoms with Gasteiger partial charge in [0, 0.05) is 74.3 Å². The van der Waals surface area contributed by atoms with Gasteiger partial charge in [0.25, 0.3) is 0 Å². The van der Waals surface area contributed by atoms with Gasteiger partial charge in [0.15, 0.2) is 5.82 Å². The Hall–Kier alpha value is -5.75. The number of nitrogens with zero attached hydrogens (tertiary/aromatic N) is 13. The van der Waals surface area contributed by atoms with Crippen LogP contribution in [0.5, 0.6) is 0 Å². The Kier molecular flexibility index (Phi) is 10.3. The van der Waals surface area contributed by atoms with Crippen molar-refractivity contribution in [3.63, 3.8) is 0 Å². The summed E-state index contributed by atoms with van der Waals surface area (Å²) >= 11 is 5.91. The van der Waals surface area contributed by atoms with Gasteiger partial charge in [-0.3, -0.25) is 14.9 Å². The van der Waals surface area contributed by atoms with Crippen LogP contribution in [0, 0.1) is 33.5 Å². The molecule has 8 heterocycles. The molecule has 4 aromatic heterocycles. The maximum atomic E-state index is 9.96. The Morgan fingerprint density at radius 1 is 0.657 bits per heavy atom. The van der Waals surface area contributed by atoms with Crippen LogP contribution in [0.3, 0.4) is 0 Å². The van der Waals surface area contributed by atoms with E-state index in [1.165, 1.54) is 37.6 Å². The van der Waals surface area contributed by atoms with E-state index in [-0.39, 0.29) is 16.2 Å². The molecule has 8 fully saturated rings. The van der Waals surface area contributed by atoms with Crippen LogP contribution in [0.1, 0.15) is 63.5 Å². The summed E-state index contributed by atoms with van der Waals surface area (Å²) in [6.45, 7) is 13.9. The molecule has 2 spiro atoms. The van der Waals surface area contributed by atoms with Gasteiger partial charge in [0.2, 0.25) is 0 Å². The SMILES string of the molecule is C[C@H]1CN(c2cc(-n3ncc4ccc([C@]5(C#N)CC56CC6)cc43)ncn2)CCN1C1COC1.C[C@H]1CN(c2cc(Cl)ncn2)CCN1C1COC1.N#C[C@@]1(c2ccc3cn[nH]c3c2)CC12CC2. The van der Waals surface area contributed by atoms with Gasteiger partial charge in [-0.05, 0) is 86.5 Å². The Labute approximate surface area is 394 Å². The summed E-state index contributed by atoms with van der Waals surface area (Å²) in [4.78, 5) is 27.0. The third kappa shape index (κ3) is 7.31. The van der Waals surface area contributed by atoms with E-state index in [1.54, 1.807) is 6.33 Å². The number of aromatic amines is 1. The first-order valence-electron chi connectivity index (χ1n) is 23.9. The third-order valence-electron chi connectivity index (χ3n) is 16.5. The second-order valence-corrected chi connectivity index (χ2v) is 20.7. The minimum Gasteiger partial charge on any atom is -0.378 e. The zero-order valence-corrected chi connectivity index (χ0v) is 38.8. The normalized spacial score (nSPS) is 28.1. The van der Waals surface area contributed by atoms with Gasteiger partial charge < -0.3 is 19.3 Å². The number of halogens is 1. The molecule has 1 N–H and O–H groups in total. The van der Waals surface area contributed by atoms with Crippen molar-refractivity contribution in [3.05, 3.63) is 89.9 Å². The number of nitriles is 2. The van der Waals surface area contributed by atoms with E-state index in [9.17, 15) is 10.5 Å². The first-order chi connectivity index (χ1) is 32.7. The van der Waals surface area contributed by atoms with E-state index >= 15 is 0 Å². The first kappa shape index (κ1) is 42.6. The van der Waals surface area contributed by atoms with E-state index in [0.29, 0.717) is 34.7 Å². The van der Waals surface area contributed by atoms with Crippen LogP contribution < -0.4 is 9.80 Å². The van der Waals surface area contributed by atoms with E-state index in [4.69, 9.17) is 21.1 Å². The van der Waals surface area contributed by atoms with Gasteiger partial charge in [-0.25, -0.2) is 24.6 Å². The Bertz CT molecular complexity index is 2930. The average Bonchev–Trinajstić information content (AvgIpc) is 4.30. The van der Waals surface area contributed by atoms with E-state index < -0.39 is 0 Å². The van der Waals surface area contributed by atoms with Crippen molar-refractivity contribution in [1.29, 1.82) is 10.5 Å². The van der Waals surface area contributed by atoms with Crippen LogP contribution >= 0.6 is 11.6 Å². The second kappa shape index (κ2) is 16.2. The third-order valence-corrected chi connectivity index (χ3v) is 16.7. The molecule has 4 atom stereocenters. The lowest BCUT2D eigenvalue weighted by Crippen LogP contribution is -2.60.